The summed E-state index contributed by atoms with van der Waals surface area (Å²) in [4.78, 5) is 14.9. The molecule has 1 amide bonds. The van der Waals surface area contributed by atoms with E-state index in [1.54, 1.807) is 25.3 Å². The quantitative estimate of drug-likeness (QED) is 0.659. The number of fused-ring (bicyclic) bond motifs is 1. The fourth-order valence-electron chi connectivity index (χ4n) is 3.95. The summed E-state index contributed by atoms with van der Waals surface area (Å²) in [5.41, 5.74) is 2.62. The first-order valence-corrected chi connectivity index (χ1v) is 10.3. The zero-order valence-electron chi connectivity index (χ0n) is 17.3. The number of aromatic nitrogens is 2. The third kappa shape index (κ3) is 4.01. The van der Waals surface area contributed by atoms with Crippen LogP contribution in [-0.4, -0.2) is 49.1 Å². The zero-order chi connectivity index (χ0) is 21.2. The highest BCUT2D eigenvalue weighted by Gasteiger charge is 2.24. The van der Waals surface area contributed by atoms with E-state index >= 15 is 0 Å². The Kier molecular flexibility index (Phi) is 5.11. The minimum absolute atomic E-state index is 0.0849. The van der Waals surface area contributed by atoms with Crippen LogP contribution in [0, 0.1) is 0 Å². The van der Waals surface area contributed by atoms with Crippen molar-refractivity contribution in [1.82, 2.24) is 15.5 Å². The van der Waals surface area contributed by atoms with Crippen molar-refractivity contribution in [2.24, 2.45) is 0 Å². The van der Waals surface area contributed by atoms with Gasteiger partial charge in [0.1, 0.15) is 5.75 Å². The molecule has 1 saturated heterocycles. The first-order chi connectivity index (χ1) is 15.2. The lowest BCUT2D eigenvalue weighted by Crippen LogP contribution is -2.44. The summed E-state index contributed by atoms with van der Waals surface area (Å²) in [7, 11) is 1.66. The molecule has 2 N–H and O–H groups in total. The van der Waals surface area contributed by atoms with Gasteiger partial charge in [0, 0.05) is 30.8 Å². The second-order valence-electron chi connectivity index (χ2n) is 7.67. The van der Waals surface area contributed by atoms with Gasteiger partial charge in [-0.3, -0.25) is 9.89 Å². The fourth-order valence-corrected chi connectivity index (χ4v) is 3.95. The van der Waals surface area contributed by atoms with Crippen LogP contribution in [0.5, 0.6) is 17.2 Å². The van der Waals surface area contributed by atoms with Crippen LogP contribution in [0.1, 0.15) is 23.2 Å². The molecule has 1 fully saturated rings. The molecule has 0 unspecified atom stereocenters. The Bertz CT molecular complexity index is 1070. The maximum absolute atomic E-state index is 12.6. The molecule has 0 bridgehead atoms. The number of methoxy groups -OCH3 is 1. The Balaban J connectivity index is 1.17. The molecule has 3 aromatic rings. The van der Waals surface area contributed by atoms with Crippen molar-refractivity contribution in [2.45, 2.75) is 18.9 Å². The van der Waals surface area contributed by atoms with Gasteiger partial charge in [-0.05, 0) is 60.9 Å². The Morgan fingerprint density at radius 1 is 1.10 bits per heavy atom. The van der Waals surface area contributed by atoms with E-state index in [4.69, 9.17) is 14.2 Å². The fraction of sp³-hybridized carbons (Fsp3) is 0.304. The highest BCUT2D eigenvalue weighted by atomic mass is 16.7. The van der Waals surface area contributed by atoms with E-state index in [0.717, 1.165) is 48.8 Å². The van der Waals surface area contributed by atoms with Crippen LogP contribution in [0.25, 0.3) is 11.3 Å². The molecule has 3 heterocycles. The van der Waals surface area contributed by atoms with Crippen LogP contribution in [0.15, 0.2) is 48.5 Å². The summed E-state index contributed by atoms with van der Waals surface area (Å²) >= 11 is 0. The van der Waals surface area contributed by atoms with Crippen LogP contribution >= 0.6 is 0 Å². The second-order valence-corrected chi connectivity index (χ2v) is 7.67. The Morgan fingerprint density at radius 3 is 2.65 bits per heavy atom. The topological polar surface area (TPSA) is 88.7 Å². The number of rotatable bonds is 5. The van der Waals surface area contributed by atoms with Crippen molar-refractivity contribution >= 4 is 11.7 Å². The Hall–Kier alpha value is -3.68. The van der Waals surface area contributed by atoms with E-state index in [1.165, 1.54) is 0 Å². The number of aromatic amines is 1. The number of nitrogens with zero attached hydrogens (tertiary/aromatic N) is 2. The summed E-state index contributed by atoms with van der Waals surface area (Å²) in [5.74, 6) is 2.96. The summed E-state index contributed by atoms with van der Waals surface area (Å²) in [6, 6.07) is 15.4. The number of H-pyrrole nitrogens is 1. The van der Waals surface area contributed by atoms with E-state index in [0.29, 0.717) is 17.1 Å². The number of hydrogen-bond acceptors (Lipinski definition) is 6. The lowest BCUT2D eigenvalue weighted by Gasteiger charge is -2.32. The first-order valence-electron chi connectivity index (χ1n) is 10.3. The second kappa shape index (κ2) is 8.22. The Labute approximate surface area is 180 Å². The van der Waals surface area contributed by atoms with Gasteiger partial charge in [-0.25, -0.2) is 0 Å². The average molecular weight is 420 g/mol. The summed E-state index contributed by atoms with van der Waals surface area (Å²) in [6.07, 6.45) is 1.72. The minimum atomic E-state index is -0.0849. The van der Waals surface area contributed by atoms with Gasteiger partial charge in [0.15, 0.2) is 17.3 Å². The predicted octanol–water partition coefficient (Wildman–Crippen LogP) is 3.21. The number of carbonyl (C=O) groups is 1. The monoisotopic (exact) mass is 420 g/mol. The molecule has 31 heavy (non-hydrogen) atoms. The van der Waals surface area contributed by atoms with Gasteiger partial charge in [0.2, 0.25) is 6.79 Å². The molecule has 0 saturated carbocycles. The lowest BCUT2D eigenvalue weighted by molar-refractivity contribution is 0.0930. The maximum Gasteiger partial charge on any atom is 0.251 e. The van der Waals surface area contributed by atoms with Gasteiger partial charge in [-0.2, -0.15) is 5.10 Å². The van der Waals surface area contributed by atoms with Crippen LogP contribution in [0.3, 0.4) is 0 Å². The average Bonchev–Trinajstić information content (AvgIpc) is 3.49. The number of piperidine rings is 1. The van der Waals surface area contributed by atoms with E-state index in [9.17, 15) is 4.79 Å². The van der Waals surface area contributed by atoms with Crippen molar-refractivity contribution in [1.29, 1.82) is 0 Å². The maximum atomic E-state index is 12.6. The molecule has 2 aromatic carbocycles. The van der Waals surface area contributed by atoms with Crippen molar-refractivity contribution in [3.8, 4) is 28.5 Å². The van der Waals surface area contributed by atoms with Crippen molar-refractivity contribution in [2.75, 3.05) is 31.9 Å². The van der Waals surface area contributed by atoms with Gasteiger partial charge in [0.05, 0.1) is 12.8 Å². The van der Waals surface area contributed by atoms with E-state index in [1.807, 2.05) is 24.3 Å². The van der Waals surface area contributed by atoms with Gasteiger partial charge in [-0.15, -0.1) is 0 Å². The highest BCUT2D eigenvalue weighted by Crippen LogP contribution is 2.32. The molecule has 1 aromatic heterocycles. The largest absolute Gasteiger partial charge is 0.497 e. The number of amides is 1. The normalized spacial score (nSPS) is 15.7. The van der Waals surface area contributed by atoms with E-state index < -0.39 is 0 Å². The SMILES string of the molecule is COc1ccc(-c2cc(N3CCC(NC(=O)c4ccc5c(c4)OCO5)CC3)n[nH]2)cc1. The van der Waals surface area contributed by atoms with Crippen molar-refractivity contribution in [3.63, 3.8) is 0 Å². The molecule has 0 atom stereocenters. The summed E-state index contributed by atoms with van der Waals surface area (Å²) in [6.45, 7) is 1.87. The molecule has 5 rings (SSSR count). The summed E-state index contributed by atoms with van der Waals surface area (Å²) < 4.78 is 15.9. The number of ether oxygens (including phenoxy) is 3. The summed E-state index contributed by atoms with van der Waals surface area (Å²) in [5, 5.41) is 10.7. The van der Waals surface area contributed by atoms with Crippen LogP contribution in [-0.2, 0) is 0 Å². The molecule has 160 valence electrons. The molecule has 2 aliphatic heterocycles. The number of nitrogens with one attached hydrogen (secondary N) is 2. The van der Waals surface area contributed by atoms with Gasteiger partial charge in [0.25, 0.3) is 5.91 Å². The minimum Gasteiger partial charge on any atom is -0.497 e. The highest BCUT2D eigenvalue weighted by molar-refractivity contribution is 5.95. The number of carbonyl (C=O) groups excluding carboxylic acids is 1. The molecule has 0 spiro atoms. The van der Waals surface area contributed by atoms with Gasteiger partial charge < -0.3 is 24.4 Å². The van der Waals surface area contributed by atoms with Crippen LogP contribution in [0.4, 0.5) is 5.82 Å². The Morgan fingerprint density at radius 2 is 1.87 bits per heavy atom. The van der Waals surface area contributed by atoms with Crippen molar-refractivity contribution in [3.05, 3.63) is 54.1 Å². The molecule has 8 heteroatoms. The first kappa shape index (κ1) is 19.3. The van der Waals surface area contributed by atoms with Crippen molar-refractivity contribution < 1.29 is 19.0 Å². The molecule has 0 aliphatic carbocycles. The van der Waals surface area contributed by atoms with E-state index in [-0.39, 0.29) is 18.7 Å². The lowest BCUT2D eigenvalue weighted by atomic mass is 10.0. The predicted molar refractivity (Wildman–Crippen MR) is 116 cm³/mol. The van der Waals surface area contributed by atoms with E-state index in [2.05, 4.69) is 26.5 Å². The third-order valence-electron chi connectivity index (χ3n) is 5.75. The molecular formula is C23H24N4O4. The van der Waals surface area contributed by atoms with Crippen LogP contribution in [0.2, 0.25) is 0 Å². The third-order valence-corrected chi connectivity index (χ3v) is 5.75. The van der Waals surface area contributed by atoms with Crippen LogP contribution < -0.4 is 24.4 Å². The molecule has 2 aliphatic rings. The number of anilines is 1. The van der Waals surface area contributed by atoms with Gasteiger partial charge >= 0.3 is 0 Å². The smallest absolute Gasteiger partial charge is 0.251 e. The van der Waals surface area contributed by atoms with Gasteiger partial charge in [-0.1, -0.05) is 0 Å². The molecule has 0 radical (unpaired) electrons. The standard InChI is InChI=1S/C23H24N4O4/c1-29-18-5-2-15(3-6-18)19-13-22(26-25-19)27-10-8-17(9-11-27)24-23(28)16-4-7-20-21(12-16)31-14-30-20/h2-7,12-13,17H,8-11,14H2,1H3,(H,24,28)(H,25,26). The molecular weight excluding hydrogens is 396 g/mol. The number of benzene rings is 2. The molecule has 8 nitrogen and oxygen atoms in total. The number of hydrogen-bond donors (Lipinski definition) is 2. The zero-order valence-corrected chi connectivity index (χ0v) is 17.3.